The van der Waals surface area contributed by atoms with E-state index in [4.69, 9.17) is 5.73 Å². The molecule has 1 saturated carbocycles. The minimum Gasteiger partial charge on any atom is -0.352 e. The topological polar surface area (TPSA) is 55.1 Å². The number of amides is 1. The summed E-state index contributed by atoms with van der Waals surface area (Å²) in [5.74, 6) is 0.793. The first-order chi connectivity index (χ1) is 7.49. The summed E-state index contributed by atoms with van der Waals surface area (Å²) in [6.45, 7) is 5.99. The van der Waals surface area contributed by atoms with Crippen LogP contribution in [0.1, 0.15) is 59.3 Å². The van der Waals surface area contributed by atoms with E-state index in [1.54, 1.807) is 0 Å². The van der Waals surface area contributed by atoms with Crippen molar-refractivity contribution < 1.29 is 4.79 Å². The molecule has 0 spiro atoms. The van der Waals surface area contributed by atoms with Gasteiger partial charge >= 0.3 is 0 Å². The molecule has 3 nitrogen and oxygen atoms in total. The molecule has 0 aromatic heterocycles. The lowest BCUT2D eigenvalue weighted by atomic mass is 9.84. The van der Waals surface area contributed by atoms with E-state index in [0.717, 1.165) is 18.8 Å². The first-order valence-electron chi connectivity index (χ1n) is 6.59. The molecule has 1 amide bonds. The Kier molecular flexibility index (Phi) is 4.78. The largest absolute Gasteiger partial charge is 0.352 e. The van der Waals surface area contributed by atoms with Gasteiger partial charge in [-0.2, -0.15) is 0 Å². The van der Waals surface area contributed by atoms with E-state index in [0.29, 0.717) is 12.5 Å². The predicted octanol–water partition coefficient (Wildman–Crippen LogP) is 2.20. The van der Waals surface area contributed by atoms with Gasteiger partial charge in [-0.05, 0) is 32.1 Å². The van der Waals surface area contributed by atoms with E-state index in [1.807, 2.05) is 13.8 Å². The number of hydrogen-bond donors (Lipinski definition) is 2. The van der Waals surface area contributed by atoms with Crippen molar-refractivity contribution in [2.45, 2.75) is 70.9 Å². The van der Waals surface area contributed by atoms with Crippen LogP contribution in [0.4, 0.5) is 0 Å². The quantitative estimate of drug-likeness (QED) is 0.772. The second-order valence-corrected chi connectivity index (χ2v) is 5.38. The average Bonchev–Trinajstić information content (AvgIpc) is 2.29. The van der Waals surface area contributed by atoms with Crippen LogP contribution in [-0.4, -0.2) is 17.5 Å². The molecule has 16 heavy (non-hydrogen) atoms. The molecular weight excluding hydrogens is 200 g/mol. The summed E-state index contributed by atoms with van der Waals surface area (Å²) in [6, 6.07) is 0.348. The van der Waals surface area contributed by atoms with Crippen LogP contribution in [-0.2, 0) is 4.79 Å². The van der Waals surface area contributed by atoms with Gasteiger partial charge in [-0.1, -0.05) is 33.1 Å². The van der Waals surface area contributed by atoms with Crippen LogP contribution in [0.15, 0.2) is 0 Å². The van der Waals surface area contributed by atoms with Crippen LogP contribution in [0, 0.1) is 5.92 Å². The van der Waals surface area contributed by atoms with E-state index in [1.165, 1.54) is 19.3 Å². The standard InChI is InChI=1S/C13H26N2O/c1-4-10-7-6-8-11(9-10)15-12(16)13(3,14)5-2/h10-11H,4-9,14H2,1-3H3,(H,15,16). The van der Waals surface area contributed by atoms with E-state index >= 15 is 0 Å². The second kappa shape index (κ2) is 5.67. The molecule has 3 heteroatoms. The van der Waals surface area contributed by atoms with Gasteiger partial charge in [0.15, 0.2) is 0 Å². The summed E-state index contributed by atoms with van der Waals surface area (Å²) in [7, 11) is 0. The lowest BCUT2D eigenvalue weighted by molar-refractivity contribution is -0.126. The minimum atomic E-state index is -0.709. The fourth-order valence-corrected chi connectivity index (χ4v) is 2.30. The van der Waals surface area contributed by atoms with Crippen molar-refractivity contribution >= 4 is 5.91 Å². The Labute approximate surface area is 99.2 Å². The lowest BCUT2D eigenvalue weighted by Gasteiger charge is -2.32. The smallest absolute Gasteiger partial charge is 0.239 e. The lowest BCUT2D eigenvalue weighted by Crippen LogP contribution is -2.54. The molecule has 3 atom stereocenters. The zero-order valence-corrected chi connectivity index (χ0v) is 10.9. The van der Waals surface area contributed by atoms with E-state index in [2.05, 4.69) is 12.2 Å². The molecule has 0 saturated heterocycles. The summed E-state index contributed by atoms with van der Waals surface area (Å²) in [4.78, 5) is 11.9. The highest BCUT2D eigenvalue weighted by molar-refractivity contribution is 5.85. The van der Waals surface area contributed by atoms with Crippen LogP contribution in [0.25, 0.3) is 0 Å². The normalized spacial score (nSPS) is 29.5. The number of hydrogen-bond acceptors (Lipinski definition) is 2. The second-order valence-electron chi connectivity index (χ2n) is 5.38. The Bertz CT molecular complexity index is 238. The molecule has 94 valence electrons. The summed E-state index contributed by atoms with van der Waals surface area (Å²) in [5, 5.41) is 3.11. The third kappa shape index (κ3) is 3.48. The predicted molar refractivity (Wildman–Crippen MR) is 67.1 cm³/mol. The van der Waals surface area contributed by atoms with Gasteiger partial charge in [-0.25, -0.2) is 0 Å². The van der Waals surface area contributed by atoms with Gasteiger partial charge in [-0.3, -0.25) is 4.79 Å². The number of carbonyl (C=O) groups is 1. The van der Waals surface area contributed by atoms with Crippen molar-refractivity contribution in [2.24, 2.45) is 11.7 Å². The molecule has 1 aliphatic rings. The maximum atomic E-state index is 11.9. The SMILES string of the molecule is CCC1CCCC(NC(=O)C(C)(N)CC)C1. The third-order valence-corrected chi connectivity index (χ3v) is 3.95. The molecule has 3 unspecified atom stereocenters. The molecule has 0 bridgehead atoms. The van der Waals surface area contributed by atoms with Crippen molar-refractivity contribution in [1.29, 1.82) is 0 Å². The van der Waals surface area contributed by atoms with Gasteiger partial charge in [0.25, 0.3) is 0 Å². The highest BCUT2D eigenvalue weighted by atomic mass is 16.2. The van der Waals surface area contributed by atoms with Gasteiger partial charge < -0.3 is 11.1 Å². The highest BCUT2D eigenvalue weighted by Crippen LogP contribution is 2.26. The first-order valence-corrected chi connectivity index (χ1v) is 6.59. The zero-order valence-electron chi connectivity index (χ0n) is 10.9. The van der Waals surface area contributed by atoms with Gasteiger partial charge in [0.2, 0.25) is 5.91 Å². The van der Waals surface area contributed by atoms with Crippen molar-refractivity contribution in [3.63, 3.8) is 0 Å². The fraction of sp³-hybridized carbons (Fsp3) is 0.923. The van der Waals surface area contributed by atoms with E-state index < -0.39 is 5.54 Å². The Balaban J connectivity index is 2.45. The summed E-state index contributed by atoms with van der Waals surface area (Å²) in [6.07, 6.45) is 6.69. The zero-order chi connectivity index (χ0) is 12.2. The summed E-state index contributed by atoms with van der Waals surface area (Å²) < 4.78 is 0. The van der Waals surface area contributed by atoms with Crippen molar-refractivity contribution in [3.05, 3.63) is 0 Å². The van der Waals surface area contributed by atoms with Crippen LogP contribution in [0.5, 0.6) is 0 Å². The minimum absolute atomic E-state index is 0.0109. The molecular formula is C13H26N2O. The van der Waals surface area contributed by atoms with Crippen molar-refractivity contribution in [3.8, 4) is 0 Å². The Hall–Kier alpha value is -0.570. The van der Waals surface area contributed by atoms with E-state index in [-0.39, 0.29) is 5.91 Å². The number of nitrogens with one attached hydrogen (secondary N) is 1. The number of nitrogens with two attached hydrogens (primary N) is 1. The third-order valence-electron chi connectivity index (χ3n) is 3.95. The van der Waals surface area contributed by atoms with Crippen LogP contribution < -0.4 is 11.1 Å². The fourth-order valence-electron chi connectivity index (χ4n) is 2.30. The van der Waals surface area contributed by atoms with Gasteiger partial charge in [0.05, 0.1) is 5.54 Å². The molecule has 0 radical (unpaired) electrons. The monoisotopic (exact) mass is 226 g/mol. The Morgan fingerprint density at radius 1 is 1.44 bits per heavy atom. The molecule has 3 N–H and O–H groups in total. The molecule has 1 fully saturated rings. The number of rotatable bonds is 4. The van der Waals surface area contributed by atoms with Crippen LogP contribution in [0.3, 0.4) is 0 Å². The molecule has 0 heterocycles. The van der Waals surface area contributed by atoms with Gasteiger partial charge in [-0.15, -0.1) is 0 Å². The molecule has 1 aliphatic carbocycles. The van der Waals surface area contributed by atoms with Gasteiger partial charge in [0.1, 0.15) is 0 Å². The maximum Gasteiger partial charge on any atom is 0.239 e. The molecule has 0 aromatic carbocycles. The average molecular weight is 226 g/mol. The van der Waals surface area contributed by atoms with Crippen molar-refractivity contribution in [1.82, 2.24) is 5.32 Å². The molecule has 0 aromatic rings. The summed E-state index contributed by atoms with van der Waals surface area (Å²) >= 11 is 0. The van der Waals surface area contributed by atoms with Crippen LogP contribution in [0.2, 0.25) is 0 Å². The highest BCUT2D eigenvalue weighted by Gasteiger charge is 2.29. The molecule has 1 rings (SSSR count). The number of carbonyl (C=O) groups excluding carboxylic acids is 1. The van der Waals surface area contributed by atoms with Crippen molar-refractivity contribution in [2.75, 3.05) is 0 Å². The maximum absolute atomic E-state index is 11.9. The van der Waals surface area contributed by atoms with E-state index in [9.17, 15) is 4.79 Å². The van der Waals surface area contributed by atoms with Crippen LogP contribution >= 0.6 is 0 Å². The molecule has 0 aliphatic heterocycles. The summed E-state index contributed by atoms with van der Waals surface area (Å²) in [5.41, 5.74) is 5.22. The first kappa shape index (κ1) is 13.5. The Morgan fingerprint density at radius 2 is 2.12 bits per heavy atom. The Morgan fingerprint density at radius 3 is 2.69 bits per heavy atom. The van der Waals surface area contributed by atoms with Gasteiger partial charge in [0, 0.05) is 6.04 Å².